The number of carbonyl (C=O) groups is 1. The number of benzene rings is 3. The Bertz CT molecular complexity index is 1220. The minimum Gasteiger partial charge on any atom is -0.433 e. The number of amides is 1. The molecule has 1 amide bonds. The fraction of sp³-hybridized carbons (Fsp3) is 0.136. The molecule has 0 spiro atoms. The number of hydrogen-bond acceptors (Lipinski definition) is 4. The Morgan fingerprint density at radius 3 is 2.44 bits per heavy atom. The van der Waals surface area contributed by atoms with Gasteiger partial charge in [0.2, 0.25) is 10.0 Å². The molecule has 0 aromatic heterocycles. The standard InChI is InChI=1S/C22H19ClF2N2O4S/c1-14-7-9-17(32(29,30)26-13-15-5-3-2-4-6-15)12-18(14)21(28)27-16-8-10-20(19(23)11-16)31-22(24)25/h2-12,22,26H,13H2,1H3,(H,27,28). The first-order valence-corrected chi connectivity index (χ1v) is 11.2. The summed E-state index contributed by atoms with van der Waals surface area (Å²) >= 11 is 5.91. The third-order valence-corrected chi connectivity index (χ3v) is 6.17. The van der Waals surface area contributed by atoms with Gasteiger partial charge in [-0.1, -0.05) is 48.0 Å². The van der Waals surface area contributed by atoms with E-state index in [0.717, 1.165) is 5.56 Å². The van der Waals surface area contributed by atoms with Crippen LogP contribution >= 0.6 is 11.6 Å². The van der Waals surface area contributed by atoms with Gasteiger partial charge in [0.05, 0.1) is 9.92 Å². The van der Waals surface area contributed by atoms with E-state index in [1.807, 2.05) is 6.07 Å². The maximum atomic E-state index is 12.7. The molecule has 3 rings (SSSR count). The highest BCUT2D eigenvalue weighted by Gasteiger charge is 2.19. The quantitative estimate of drug-likeness (QED) is 0.476. The van der Waals surface area contributed by atoms with E-state index >= 15 is 0 Å². The van der Waals surface area contributed by atoms with Gasteiger partial charge in [0.25, 0.3) is 5.91 Å². The minimum atomic E-state index is -3.87. The zero-order chi connectivity index (χ0) is 23.3. The first-order valence-electron chi connectivity index (χ1n) is 9.35. The van der Waals surface area contributed by atoms with Crippen molar-refractivity contribution in [2.45, 2.75) is 25.0 Å². The Morgan fingerprint density at radius 2 is 1.78 bits per heavy atom. The summed E-state index contributed by atoms with van der Waals surface area (Å²) in [6.07, 6.45) is 0. The van der Waals surface area contributed by atoms with Crippen LogP contribution in [-0.4, -0.2) is 20.9 Å². The van der Waals surface area contributed by atoms with Crippen LogP contribution in [0, 0.1) is 6.92 Å². The summed E-state index contributed by atoms with van der Waals surface area (Å²) in [5, 5.41) is 2.47. The Morgan fingerprint density at radius 1 is 1.06 bits per heavy atom. The average molecular weight is 481 g/mol. The predicted octanol–water partition coefficient (Wildman–Crippen LogP) is 4.98. The summed E-state index contributed by atoms with van der Waals surface area (Å²) in [5.74, 6) is -0.811. The number of halogens is 3. The molecule has 2 N–H and O–H groups in total. The lowest BCUT2D eigenvalue weighted by Crippen LogP contribution is -2.24. The number of alkyl halides is 2. The van der Waals surface area contributed by atoms with Crippen LogP contribution in [0.1, 0.15) is 21.5 Å². The summed E-state index contributed by atoms with van der Waals surface area (Å²) in [7, 11) is -3.87. The molecular weight excluding hydrogens is 462 g/mol. The van der Waals surface area contributed by atoms with E-state index in [9.17, 15) is 22.0 Å². The van der Waals surface area contributed by atoms with Crippen LogP contribution in [0.25, 0.3) is 0 Å². The van der Waals surface area contributed by atoms with Crippen molar-refractivity contribution in [2.24, 2.45) is 0 Å². The van der Waals surface area contributed by atoms with E-state index in [1.165, 1.54) is 36.4 Å². The minimum absolute atomic E-state index is 0.0668. The summed E-state index contributed by atoms with van der Waals surface area (Å²) in [6, 6.07) is 17.0. The molecule has 0 saturated heterocycles. The van der Waals surface area contributed by atoms with Gasteiger partial charge in [-0.3, -0.25) is 4.79 Å². The van der Waals surface area contributed by atoms with E-state index < -0.39 is 22.5 Å². The molecule has 6 nitrogen and oxygen atoms in total. The number of sulfonamides is 1. The number of aryl methyl sites for hydroxylation is 1. The third-order valence-electron chi connectivity index (χ3n) is 4.48. The van der Waals surface area contributed by atoms with Crippen LogP contribution in [0.15, 0.2) is 71.6 Å². The highest BCUT2D eigenvalue weighted by molar-refractivity contribution is 7.89. The molecule has 0 bridgehead atoms. The third kappa shape index (κ3) is 6.03. The van der Waals surface area contributed by atoms with Crippen molar-refractivity contribution in [3.63, 3.8) is 0 Å². The lowest BCUT2D eigenvalue weighted by atomic mass is 10.1. The van der Waals surface area contributed by atoms with E-state index in [-0.39, 0.29) is 33.5 Å². The number of nitrogens with one attached hydrogen (secondary N) is 2. The van der Waals surface area contributed by atoms with Crippen LogP contribution in [-0.2, 0) is 16.6 Å². The molecule has 32 heavy (non-hydrogen) atoms. The number of rotatable bonds is 8. The largest absolute Gasteiger partial charge is 0.433 e. The summed E-state index contributed by atoms with van der Waals surface area (Å²) in [5.41, 5.74) is 1.71. The Hall–Kier alpha value is -3.01. The number of carbonyl (C=O) groups excluding carboxylic acids is 1. The maximum absolute atomic E-state index is 12.7. The second kappa shape index (κ2) is 10.1. The second-order valence-corrected chi connectivity index (χ2v) is 8.94. The van der Waals surface area contributed by atoms with Crippen molar-refractivity contribution in [3.8, 4) is 5.75 Å². The molecule has 0 aliphatic heterocycles. The van der Waals surface area contributed by atoms with E-state index in [1.54, 1.807) is 31.2 Å². The Labute approximate surface area is 189 Å². The van der Waals surface area contributed by atoms with Crippen LogP contribution in [0.5, 0.6) is 5.75 Å². The van der Waals surface area contributed by atoms with Gasteiger partial charge in [-0.05, 0) is 48.4 Å². The molecule has 0 unspecified atom stereocenters. The molecule has 10 heteroatoms. The SMILES string of the molecule is Cc1ccc(S(=O)(=O)NCc2ccccc2)cc1C(=O)Nc1ccc(OC(F)F)c(Cl)c1. The monoisotopic (exact) mass is 480 g/mol. The van der Waals surface area contributed by atoms with E-state index in [2.05, 4.69) is 14.8 Å². The molecule has 0 radical (unpaired) electrons. The molecule has 0 fully saturated rings. The first-order chi connectivity index (χ1) is 15.2. The van der Waals surface area contributed by atoms with Gasteiger partial charge >= 0.3 is 6.61 Å². The molecule has 0 atom stereocenters. The van der Waals surface area contributed by atoms with Crippen molar-refractivity contribution in [3.05, 3.63) is 88.4 Å². The highest BCUT2D eigenvalue weighted by Crippen LogP contribution is 2.29. The van der Waals surface area contributed by atoms with Crippen molar-refractivity contribution < 1.29 is 26.7 Å². The summed E-state index contributed by atoms with van der Waals surface area (Å²) in [4.78, 5) is 12.7. The Kier molecular flexibility index (Phi) is 7.44. The van der Waals surface area contributed by atoms with Crippen LogP contribution in [0.3, 0.4) is 0 Å². The summed E-state index contributed by atoms with van der Waals surface area (Å²) < 4.78 is 56.9. The fourth-order valence-corrected chi connectivity index (χ4v) is 4.11. The van der Waals surface area contributed by atoms with Gasteiger partial charge in [-0.2, -0.15) is 8.78 Å². The zero-order valence-corrected chi connectivity index (χ0v) is 18.4. The normalized spacial score (nSPS) is 11.4. The van der Waals surface area contributed by atoms with Crippen LogP contribution < -0.4 is 14.8 Å². The molecule has 168 valence electrons. The molecule has 0 aliphatic carbocycles. The summed E-state index contributed by atoms with van der Waals surface area (Å²) in [6.45, 7) is -1.27. The molecule has 0 aliphatic rings. The molecule has 0 heterocycles. The van der Waals surface area contributed by atoms with Crippen molar-refractivity contribution in [1.82, 2.24) is 4.72 Å². The topological polar surface area (TPSA) is 84.5 Å². The van der Waals surface area contributed by atoms with Crippen molar-refractivity contribution in [1.29, 1.82) is 0 Å². The van der Waals surface area contributed by atoms with E-state index in [4.69, 9.17) is 11.6 Å². The Balaban J connectivity index is 1.77. The van der Waals surface area contributed by atoms with E-state index in [0.29, 0.717) is 5.56 Å². The van der Waals surface area contributed by atoms with Gasteiger partial charge in [0.1, 0.15) is 5.75 Å². The van der Waals surface area contributed by atoms with Gasteiger partial charge in [-0.15, -0.1) is 0 Å². The fourth-order valence-electron chi connectivity index (χ4n) is 2.84. The second-order valence-electron chi connectivity index (χ2n) is 6.76. The maximum Gasteiger partial charge on any atom is 0.387 e. The van der Waals surface area contributed by atoms with Gasteiger partial charge in [0, 0.05) is 17.8 Å². The lowest BCUT2D eigenvalue weighted by molar-refractivity contribution is -0.0497. The molecule has 3 aromatic carbocycles. The van der Waals surface area contributed by atoms with Gasteiger partial charge in [0.15, 0.2) is 0 Å². The van der Waals surface area contributed by atoms with Crippen LogP contribution in [0.4, 0.5) is 14.5 Å². The predicted molar refractivity (Wildman–Crippen MR) is 118 cm³/mol. The van der Waals surface area contributed by atoms with Gasteiger partial charge < -0.3 is 10.1 Å². The molecule has 3 aromatic rings. The first kappa shape index (κ1) is 23.6. The average Bonchev–Trinajstić information content (AvgIpc) is 2.75. The highest BCUT2D eigenvalue weighted by atomic mass is 35.5. The van der Waals surface area contributed by atoms with Gasteiger partial charge in [-0.25, -0.2) is 13.1 Å². The number of hydrogen-bond donors (Lipinski definition) is 2. The molecular formula is C22H19ClF2N2O4S. The number of ether oxygens (including phenoxy) is 1. The zero-order valence-electron chi connectivity index (χ0n) is 16.8. The lowest BCUT2D eigenvalue weighted by Gasteiger charge is -2.12. The van der Waals surface area contributed by atoms with Crippen molar-refractivity contribution >= 4 is 33.2 Å². The molecule has 0 saturated carbocycles. The van der Waals surface area contributed by atoms with Crippen molar-refractivity contribution in [2.75, 3.05) is 5.32 Å². The van der Waals surface area contributed by atoms with Crippen LogP contribution in [0.2, 0.25) is 5.02 Å². The number of anilines is 1. The smallest absolute Gasteiger partial charge is 0.387 e.